The van der Waals surface area contributed by atoms with Crippen molar-refractivity contribution in [2.75, 3.05) is 20.3 Å². The zero-order valence-corrected chi connectivity index (χ0v) is 12.2. The van der Waals surface area contributed by atoms with Crippen LogP contribution in [0.2, 0.25) is 10.0 Å². The number of halogens is 2. The first-order chi connectivity index (χ1) is 8.92. The van der Waals surface area contributed by atoms with Gasteiger partial charge < -0.3 is 15.4 Å². The number of likely N-dealkylation sites (N-methyl/N-ethyl adjacent to an activating group) is 1. The number of amides is 1. The molecule has 1 atom stereocenters. The molecule has 0 aliphatic carbocycles. The molecule has 19 heavy (non-hydrogen) atoms. The molecule has 1 fully saturated rings. The van der Waals surface area contributed by atoms with Gasteiger partial charge in [-0.3, -0.25) is 4.79 Å². The van der Waals surface area contributed by atoms with Crippen LogP contribution in [-0.2, 0) is 16.1 Å². The van der Waals surface area contributed by atoms with E-state index in [4.69, 9.17) is 33.7 Å². The van der Waals surface area contributed by atoms with E-state index < -0.39 is 5.54 Å². The minimum absolute atomic E-state index is 0.129. The fourth-order valence-corrected chi connectivity index (χ4v) is 2.58. The number of nitrogens with zero attached hydrogens (tertiary/aromatic N) is 1. The summed E-state index contributed by atoms with van der Waals surface area (Å²) in [7, 11) is 1.71. The van der Waals surface area contributed by atoms with Gasteiger partial charge in [-0.25, -0.2) is 0 Å². The molecule has 0 spiro atoms. The predicted molar refractivity (Wildman–Crippen MR) is 75.3 cm³/mol. The number of hydrogen-bond acceptors (Lipinski definition) is 3. The van der Waals surface area contributed by atoms with Crippen molar-refractivity contribution in [1.29, 1.82) is 0 Å². The molecule has 1 aliphatic rings. The standard InChI is InChI=1S/C13H16Cl2N2O2/c1-17(12(18)13(16)4-5-19-8-13)7-9-2-3-10(14)6-11(9)15/h2-3,6H,4-5,7-8,16H2,1H3. The maximum Gasteiger partial charge on any atom is 0.245 e. The Morgan fingerprint density at radius 1 is 1.53 bits per heavy atom. The van der Waals surface area contributed by atoms with Crippen molar-refractivity contribution >= 4 is 29.1 Å². The number of rotatable bonds is 3. The van der Waals surface area contributed by atoms with E-state index >= 15 is 0 Å². The van der Waals surface area contributed by atoms with Crippen molar-refractivity contribution in [3.05, 3.63) is 33.8 Å². The Morgan fingerprint density at radius 2 is 2.26 bits per heavy atom. The first-order valence-electron chi connectivity index (χ1n) is 5.98. The van der Waals surface area contributed by atoms with Gasteiger partial charge in [-0.05, 0) is 24.1 Å². The molecule has 1 unspecified atom stereocenters. The molecule has 1 heterocycles. The van der Waals surface area contributed by atoms with Gasteiger partial charge in [0.15, 0.2) is 0 Å². The van der Waals surface area contributed by atoms with Gasteiger partial charge in [-0.15, -0.1) is 0 Å². The highest BCUT2D eigenvalue weighted by Gasteiger charge is 2.40. The van der Waals surface area contributed by atoms with E-state index in [1.165, 1.54) is 0 Å². The van der Waals surface area contributed by atoms with E-state index in [9.17, 15) is 4.79 Å². The van der Waals surface area contributed by atoms with Gasteiger partial charge in [0.25, 0.3) is 0 Å². The molecule has 1 amide bonds. The number of nitrogens with two attached hydrogens (primary N) is 1. The predicted octanol–water partition coefficient (Wildman–Crippen LogP) is 2.07. The highest BCUT2D eigenvalue weighted by atomic mass is 35.5. The lowest BCUT2D eigenvalue weighted by molar-refractivity contribution is -0.136. The SMILES string of the molecule is CN(Cc1ccc(Cl)cc1Cl)C(=O)C1(N)CCOC1. The Morgan fingerprint density at radius 3 is 2.84 bits per heavy atom. The number of carbonyl (C=O) groups excluding carboxylic acids is 1. The van der Waals surface area contributed by atoms with E-state index in [0.717, 1.165) is 5.56 Å². The molecular weight excluding hydrogens is 287 g/mol. The first kappa shape index (κ1) is 14.6. The normalized spacial score (nSPS) is 22.5. The lowest BCUT2D eigenvalue weighted by Crippen LogP contribution is -2.54. The highest BCUT2D eigenvalue weighted by molar-refractivity contribution is 6.35. The Bertz CT molecular complexity index is 488. The third-order valence-corrected chi connectivity index (χ3v) is 3.83. The summed E-state index contributed by atoms with van der Waals surface area (Å²) in [5.74, 6) is -0.129. The molecule has 2 rings (SSSR count). The topological polar surface area (TPSA) is 55.6 Å². The molecule has 1 aromatic rings. The van der Waals surface area contributed by atoms with E-state index in [1.807, 2.05) is 6.07 Å². The van der Waals surface area contributed by atoms with Crippen LogP contribution in [0.4, 0.5) is 0 Å². The Kier molecular flexibility index (Phi) is 4.36. The molecule has 0 radical (unpaired) electrons. The monoisotopic (exact) mass is 302 g/mol. The van der Waals surface area contributed by atoms with Gasteiger partial charge in [-0.2, -0.15) is 0 Å². The quantitative estimate of drug-likeness (QED) is 0.930. The van der Waals surface area contributed by atoms with Crippen molar-refractivity contribution in [2.45, 2.75) is 18.5 Å². The third-order valence-electron chi connectivity index (χ3n) is 3.25. The first-order valence-corrected chi connectivity index (χ1v) is 6.74. The molecule has 0 saturated carbocycles. The second-order valence-electron chi connectivity index (χ2n) is 4.86. The Labute approximate surface area is 122 Å². The maximum absolute atomic E-state index is 12.3. The number of benzene rings is 1. The van der Waals surface area contributed by atoms with Gasteiger partial charge in [0, 0.05) is 30.2 Å². The van der Waals surface area contributed by atoms with Gasteiger partial charge in [-0.1, -0.05) is 29.3 Å². The second-order valence-corrected chi connectivity index (χ2v) is 5.70. The Hall–Kier alpha value is -0.810. The molecule has 1 saturated heterocycles. The summed E-state index contributed by atoms with van der Waals surface area (Å²) in [5.41, 5.74) is 5.98. The van der Waals surface area contributed by atoms with Crippen molar-refractivity contribution in [2.24, 2.45) is 5.73 Å². The molecule has 0 bridgehead atoms. The summed E-state index contributed by atoms with van der Waals surface area (Å²) in [6.45, 7) is 1.19. The third kappa shape index (κ3) is 3.20. The van der Waals surface area contributed by atoms with E-state index in [1.54, 1.807) is 24.1 Å². The number of carbonyl (C=O) groups is 1. The molecule has 104 valence electrons. The fraction of sp³-hybridized carbons (Fsp3) is 0.462. The second kappa shape index (κ2) is 5.67. The molecule has 2 N–H and O–H groups in total. The van der Waals surface area contributed by atoms with Crippen LogP contribution in [0.3, 0.4) is 0 Å². The van der Waals surface area contributed by atoms with Crippen LogP contribution < -0.4 is 5.73 Å². The largest absolute Gasteiger partial charge is 0.379 e. The van der Waals surface area contributed by atoms with Gasteiger partial charge >= 0.3 is 0 Å². The maximum atomic E-state index is 12.3. The van der Waals surface area contributed by atoms with Crippen LogP contribution in [0.25, 0.3) is 0 Å². The number of hydrogen-bond donors (Lipinski definition) is 1. The molecule has 1 aromatic carbocycles. The van der Waals surface area contributed by atoms with Gasteiger partial charge in [0.1, 0.15) is 5.54 Å². The van der Waals surface area contributed by atoms with Crippen LogP contribution in [-0.4, -0.2) is 36.6 Å². The van der Waals surface area contributed by atoms with Crippen molar-refractivity contribution in [3.8, 4) is 0 Å². The molecule has 4 nitrogen and oxygen atoms in total. The van der Waals surface area contributed by atoms with Crippen LogP contribution in [0.15, 0.2) is 18.2 Å². The molecule has 0 aromatic heterocycles. The minimum atomic E-state index is -0.909. The smallest absolute Gasteiger partial charge is 0.245 e. The molecular formula is C13H16Cl2N2O2. The zero-order chi connectivity index (χ0) is 14.0. The van der Waals surface area contributed by atoms with Crippen LogP contribution >= 0.6 is 23.2 Å². The van der Waals surface area contributed by atoms with Crippen LogP contribution in [0.1, 0.15) is 12.0 Å². The Balaban J connectivity index is 2.08. The summed E-state index contributed by atoms with van der Waals surface area (Å²) < 4.78 is 5.21. The molecule has 6 heteroatoms. The van der Waals surface area contributed by atoms with E-state index in [2.05, 4.69) is 0 Å². The van der Waals surface area contributed by atoms with Crippen LogP contribution in [0, 0.1) is 0 Å². The summed E-state index contributed by atoms with van der Waals surface area (Å²) in [6, 6.07) is 5.22. The lowest BCUT2D eigenvalue weighted by atomic mass is 9.98. The van der Waals surface area contributed by atoms with Crippen molar-refractivity contribution in [3.63, 3.8) is 0 Å². The minimum Gasteiger partial charge on any atom is -0.379 e. The van der Waals surface area contributed by atoms with Crippen molar-refractivity contribution < 1.29 is 9.53 Å². The summed E-state index contributed by atoms with van der Waals surface area (Å²) >= 11 is 11.9. The average molecular weight is 303 g/mol. The number of ether oxygens (including phenoxy) is 1. The zero-order valence-electron chi connectivity index (χ0n) is 10.7. The van der Waals surface area contributed by atoms with E-state index in [-0.39, 0.29) is 12.5 Å². The highest BCUT2D eigenvalue weighted by Crippen LogP contribution is 2.24. The van der Waals surface area contributed by atoms with E-state index in [0.29, 0.717) is 29.6 Å². The summed E-state index contributed by atoms with van der Waals surface area (Å²) in [5, 5.41) is 1.11. The van der Waals surface area contributed by atoms with Gasteiger partial charge in [0.05, 0.1) is 6.61 Å². The lowest BCUT2D eigenvalue weighted by Gasteiger charge is -2.27. The van der Waals surface area contributed by atoms with Crippen LogP contribution in [0.5, 0.6) is 0 Å². The average Bonchev–Trinajstić information content (AvgIpc) is 2.80. The van der Waals surface area contributed by atoms with Gasteiger partial charge in [0.2, 0.25) is 5.91 Å². The summed E-state index contributed by atoms with van der Waals surface area (Å²) in [6.07, 6.45) is 0.546. The summed E-state index contributed by atoms with van der Waals surface area (Å²) in [4.78, 5) is 13.9. The van der Waals surface area contributed by atoms with Crippen molar-refractivity contribution in [1.82, 2.24) is 4.90 Å². The fourth-order valence-electron chi connectivity index (χ4n) is 2.11. The molecule has 1 aliphatic heterocycles.